The molecule has 0 unspecified atom stereocenters. The topological polar surface area (TPSA) is 69.9 Å². The van der Waals surface area contributed by atoms with Crippen LogP contribution in [-0.2, 0) is 4.79 Å². The summed E-state index contributed by atoms with van der Waals surface area (Å²) in [6, 6.07) is 5.28. The minimum atomic E-state index is -1.16. The molecule has 0 amide bonds. The number of carboxylic acid groups (broad SMARTS) is 1. The monoisotopic (exact) mass is 323 g/mol. The van der Waals surface area contributed by atoms with E-state index < -0.39 is 11.8 Å². The number of rotatable bonds is 1. The average Bonchev–Trinajstić information content (AvgIpc) is 2.74. The van der Waals surface area contributed by atoms with E-state index in [1.807, 2.05) is 0 Å². The molecular weight excluding hydrogens is 317 g/mol. The summed E-state index contributed by atoms with van der Waals surface area (Å²) in [6.45, 7) is 0. The van der Waals surface area contributed by atoms with Crippen LogP contribution in [0.25, 0.3) is 5.57 Å². The molecular formula is C14H7ClFNO3S. The summed E-state index contributed by atoms with van der Waals surface area (Å²) < 4.78 is 13.7. The number of hydrogen-bond acceptors (Lipinski definition) is 3. The van der Waals surface area contributed by atoms with Crippen molar-refractivity contribution in [3.05, 3.63) is 56.5 Å². The van der Waals surface area contributed by atoms with E-state index in [4.69, 9.17) is 16.7 Å². The smallest absolute Gasteiger partial charge is 0.328 e. The number of carbonyl (C=O) groups is 1. The Morgan fingerprint density at radius 1 is 1.33 bits per heavy atom. The highest BCUT2D eigenvalue weighted by Crippen LogP contribution is 2.41. The fourth-order valence-electron chi connectivity index (χ4n) is 2.12. The van der Waals surface area contributed by atoms with Crippen molar-refractivity contribution in [1.29, 1.82) is 0 Å². The Balaban J connectivity index is 2.37. The first kappa shape index (κ1) is 13.8. The van der Waals surface area contributed by atoms with Crippen molar-refractivity contribution in [3.8, 4) is 0 Å². The van der Waals surface area contributed by atoms with Gasteiger partial charge in [0.15, 0.2) is 0 Å². The third-order valence-electron chi connectivity index (χ3n) is 2.93. The van der Waals surface area contributed by atoms with Gasteiger partial charge >= 0.3 is 5.97 Å². The van der Waals surface area contributed by atoms with Crippen molar-refractivity contribution in [3.63, 3.8) is 0 Å². The van der Waals surface area contributed by atoms with Gasteiger partial charge in [0.2, 0.25) is 5.90 Å². The van der Waals surface area contributed by atoms with Gasteiger partial charge in [0, 0.05) is 28.2 Å². The molecule has 1 aromatic heterocycles. The number of nitrogens with zero attached hydrogens (tertiary/aromatic N) is 1. The molecule has 0 atom stereocenters. The highest BCUT2D eigenvalue weighted by Gasteiger charge is 2.24. The minimum absolute atomic E-state index is 0.166. The number of fused-ring (bicyclic) bond motifs is 2. The number of aliphatic imine (C=N–C) groups is 1. The average molecular weight is 324 g/mol. The molecule has 21 heavy (non-hydrogen) atoms. The molecule has 7 heteroatoms. The van der Waals surface area contributed by atoms with Gasteiger partial charge in [-0.25, -0.2) is 14.2 Å². The fraction of sp³-hybridized carbons (Fsp3) is 0. The van der Waals surface area contributed by atoms with E-state index in [-0.39, 0.29) is 11.6 Å². The zero-order valence-electron chi connectivity index (χ0n) is 10.3. The predicted octanol–water partition coefficient (Wildman–Crippen LogP) is 4.01. The zero-order valence-corrected chi connectivity index (χ0v) is 11.9. The molecule has 2 aromatic rings. The molecule has 1 aromatic carbocycles. The summed E-state index contributed by atoms with van der Waals surface area (Å²) in [5.74, 6) is -2.01. The Bertz CT molecular complexity index is 826. The molecule has 2 heterocycles. The molecule has 0 spiro atoms. The van der Waals surface area contributed by atoms with Crippen LogP contribution in [0.2, 0.25) is 4.34 Å². The molecule has 2 N–H and O–H groups in total. The maximum Gasteiger partial charge on any atom is 0.328 e. The molecule has 0 aliphatic carbocycles. The normalized spacial score (nSPS) is 15.1. The molecule has 0 saturated carbocycles. The van der Waals surface area contributed by atoms with Gasteiger partial charge in [-0.05, 0) is 18.2 Å². The summed E-state index contributed by atoms with van der Waals surface area (Å²) in [6.07, 6.45) is 0.997. The molecule has 0 saturated heterocycles. The zero-order chi connectivity index (χ0) is 15.1. The lowest BCUT2D eigenvalue weighted by atomic mass is 10.0. The fourth-order valence-corrected chi connectivity index (χ4v) is 3.37. The first-order valence-electron chi connectivity index (χ1n) is 5.78. The van der Waals surface area contributed by atoms with Crippen LogP contribution in [0.5, 0.6) is 0 Å². The summed E-state index contributed by atoms with van der Waals surface area (Å²) in [5, 5.41) is 19.1. The first-order valence-corrected chi connectivity index (χ1v) is 6.97. The van der Waals surface area contributed by atoms with Crippen LogP contribution >= 0.6 is 22.9 Å². The van der Waals surface area contributed by atoms with Crippen molar-refractivity contribution in [2.45, 2.75) is 0 Å². The summed E-state index contributed by atoms with van der Waals surface area (Å²) in [5.41, 5.74) is 1.24. The predicted molar refractivity (Wildman–Crippen MR) is 79.3 cm³/mol. The van der Waals surface area contributed by atoms with Crippen LogP contribution in [0, 0.1) is 5.82 Å². The lowest BCUT2D eigenvalue weighted by Gasteiger charge is -2.07. The van der Waals surface area contributed by atoms with E-state index in [1.165, 1.54) is 18.2 Å². The lowest BCUT2D eigenvalue weighted by Crippen LogP contribution is -1.98. The molecule has 0 fully saturated rings. The Kier molecular flexibility index (Phi) is 3.27. The Morgan fingerprint density at radius 2 is 2.10 bits per heavy atom. The van der Waals surface area contributed by atoms with Crippen LogP contribution in [0.15, 0.2) is 35.3 Å². The van der Waals surface area contributed by atoms with Crippen molar-refractivity contribution in [1.82, 2.24) is 0 Å². The highest BCUT2D eigenvalue weighted by molar-refractivity contribution is 7.17. The van der Waals surface area contributed by atoms with Gasteiger partial charge in [-0.1, -0.05) is 11.6 Å². The summed E-state index contributed by atoms with van der Waals surface area (Å²) >= 11 is 7.07. The summed E-state index contributed by atoms with van der Waals surface area (Å²) in [4.78, 5) is 15.5. The number of thiophene rings is 1. The number of halogens is 2. The van der Waals surface area contributed by atoms with Crippen LogP contribution in [-0.4, -0.2) is 22.1 Å². The van der Waals surface area contributed by atoms with Gasteiger partial charge in [0.05, 0.1) is 15.6 Å². The minimum Gasteiger partial charge on any atom is -0.493 e. The molecule has 106 valence electrons. The maximum atomic E-state index is 13.4. The van der Waals surface area contributed by atoms with Crippen molar-refractivity contribution in [2.24, 2.45) is 4.99 Å². The van der Waals surface area contributed by atoms with Crippen LogP contribution in [0.3, 0.4) is 0 Å². The number of carboxylic acids is 1. The van der Waals surface area contributed by atoms with Gasteiger partial charge in [0.25, 0.3) is 0 Å². The Labute approximate surface area is 127 Å². The molecule has 0 radical (unpaired) electrons. The van der Waals surface area contributed by atoms with E-state index >= 15 is 0 Å². The van der Waals surface area contributed by atoms with Crippen molar-refractivity contribution >= 4 is 46.1 Å². The van der Waals surface area contributed by atoms with E-state index in [0.29, 0.717) is 25.9 Å². The number of hydrogen-bond donors (Lipinski definition) is 2. The molecule has 1 aliphatic heterocycles. The lowest BCUT2D eigenvalue weighted by molar-refractivity contribution is -0.131. The van der Waals surface area contributed by atoms with Gasteiger partial charge in [-0.3, -0.25) is 0 Å². The first-order chi connectivity index (χ1) is 9.95. The van der Waals surface area contributed by atoms with Crippen LogP contribution < -0.4 is 0 Å². The van der Waals surface area contributed by atoms with E-state index in [9.17, 15) is 14.3 Å². The second kappa shape index (κ2) is 4.98. The van der Waals surface area contributed by atoms with Gasteiger partial charge in [-0.2, -0.15) is 0 Å². The number of aliphatic hydroxyl groups is 1. The van der Waals surface area contributed by atoms with Crippen molar-refractivity contribution < 1.29 is 19.4 Å². The second-order valence-corrected chi connectivity index (χ2v) is 5.97. The SMILES string of the molecule is O=C(O)C=C1c2ccc(F)cc2N=C(O)c2cc(Cl)sc21. The second-order valence-electron chi connectivity index (χ2n) is 4.29. The maximum absolute atomic E-state index is 13.4. The third kappa shape index (κ3) is 2.43. The highest BCUT2D eigenvalue weighted by atomic mass is 35.5. The number of aliphatic carboxylic acids is 1. The Morgan fingerprint density at radius 3 is 2.81 bits per heavy atom. The molecule has 4 nitrogen and oxygen atoms in total. The van der Waals surface area contributed by atoms with E-state index in [1.54, 1.807) is 0 Å². The largest absolute Gasteiger partial charge is 0.493 e. The Hall–Kier alpha value is -2.18. The van der Waals surface area contributed by atoms with Gasteiger partial charge in [-0.15, -0.1) is 11.3 Å². The molecule has 3 rings (SSSR count). The van der Waals surface area contributed by atoms with Crippen LogP contribution in [0.1, 0.15) is 16.0 Å². The number of benzene rings is 1. The number of aliphatic hydroxyl groups excluding tert-OH is 1. The summed E-state index contributed by atoms with van der Waals surface area (Å²) in [7, 11) is 0. The van der Waals surface area contributed by atoms with Crippen molar-refractivity contribution in [2.75, 3.05) is 0 Å². The van der Waals surface area contributed by atoms with Crippen LogP contribution in [0.4, 0.5) is 10.1 Å². The quantitative estimate of drug-likeness (QED) is 0.779. The molecule has 1 aliphatic rings. The van der Waals surface area contributed by atoms with Gasteiger partial charge < -0.3 is 10.2 Å². The van der Waals surface area contributed by atoms with Gasteiger partial charge in [0.1, 0.15) is 5.82 Å². The standard InChI is InChI=1S/C14H7ClFNO3S/c15-11-4-9-13(21-11)8(5-12(18)19)7-2-1-6(16)3-10(7)17-14(9)20/h1-5H,(H,17,20)(H,18,19). The van der Waals surface area contributed by atoms with E-state index in [0.717, 1.165) is 23.5 Å². The molecule has 0 bridgehead atoms. The third-order valence-corrected chi connectivity index (χ3v) is 4.23. The van der Waals surface area contributed by atoms with E-state index in [2.05, 4.69) is 4.99 Å².